The van der Waals surface area contributed by atoms with Crippen LogP contribution in [0.2, 0.25) is 0 Å². The minimum Gasteiger partial charge on any atom is -0.330 e. The summed E-state index contributed by atoms with van der Waals surface area (Å²) in [5, 5.41) is 0. The number of rotatable bonds is 4. The van der Waals surface area contributed by atoms with E-state index < -0.39 is 0 Å². The Morgan fingerprint density at radius 3 is 2.50 bits per heavy atom. The van der Waals surface area contributed by atoms with Crippen LogP contribution in [0.25, 0.3) is 0 Å². The third-order valence-electron chi connectivity index (χ3n) is 2.95. The van der Waals surface area contributed by atoms with E-state index >= 15 is 0 Å². The van der Waals surface area contributed by atoms with Gasteiger partial charge in [0.1, 0.15) is 0 Å². The Morgan fingerprint density at radius 2 is 2.08 bits per heavy atom. The molecule has 12 heavy (non-hydrogen) atoms. The van der Waals surface area contributed by atoms with E-state index in [-0.39, 0.29) is 0 Å². The Kier molecular flexibility index (Phi) is 3.10. The topological polar surface area (TPSA) is 26.0 Å². The van der Waals surface area contributed by atoms with E-state index in [4.69, 9.17) is 5.73 Å². The van der Waals surface area contributed by atoms with Crippen molar-refractivity contribution in [1.82, 2.24) is 0 Å². The molecule has 0 spiro atoms. The highest BCUT2D eigenvalue weighted by Crippen LogP contribution is 2.43. The molecule has 1 nitrogen and oxygen atoms in total. The van der Waals surface area contributed by atoms with Crippen molar-refractivity contribution in [2.75, 3.05) is 6.54 Å². The van der Waals surface area contributed by atoms with Crippen molar-refractivity contribution in [3.8, 4) is 0 Å². The largest absolute Gasteiger partial charge is 0.330 e. The second kappa shape index (κ2) is 3.90. The number of allylic oxidation sites excluding steroid dienone is 3. The van der Waals surface area contributed by atoms with Gasteiger partial charge in [-0.25, -0.2) is 0 Å². The highest BCUT2D eigenvalue weighted by Gasteiger charge is 2.30. The van der Waals surface area contributed by atoms with Crippen molar-refractivity contribution in [1.29, 1.82) is 0 Å². The predicted octanol–water partition coefficient (Wildman–Crippen LogP) is 2.64. The lowest BCUT2D eigenvalue weighted by molar-refractivity contribution is 0.344. The van der Waals surface area contributed by atoms with Crippen molar-refractivity contribution >= 4 is 0 Å². The Balaban J connectivity index is 2.55. The Labute approximate surface area is 75.3 Å². The first-order valence-corrected chi connectivity index (χ1v) is 4.72. The zero-order chi connectivity index (χ0) is 9.03. The van der Waals surface area contributed by atoms with Crippen LogP contribution in [0.15, 0.2) is 24.3 Å². The molecular formula is C11H19N. The van der Waals surface area contributed by atoms with Gasteiger partial charge in [0.25, 0.3) is 0 Å². The van der Waals surface area contributed by atoms with E-state index in [0.29, 0.717) is 5.41 Å². The fraction of sp³-hybridized carbons (Fsp3) is 0.636. The third kappa shape index (κ3) is 1.78. The molecule has 0 heterocycles. The van der Waals surface area contributed by atoms with E-state index in [0.717, 1.165) is 13.0 Å². The highest BCUT2D eigenvalue weighted by atomic mass is 14.5. The predicted molar refractivity (Wildman–Crippen MR) is 53.9 cm³/mol. The first-order valence-electron chi connectivity index (χ1n) is 4.72. The minimum absolute atomic E-state index is 0.360. The van der Waals surface area contributed by atoms with E-state index in [1.807, 2.05) is 0 Å². The van der Waals surface area contributed by atoms with Crippen molar-refractivity contribution in [2.45, 2.75) is 32.6 Å². The maximum Gasteiger partial charge on any atom is -0.00242 e. The van der Waals surface area contributed by atoms with Gasteiger partial charge in [-0.1, -0.05) is 24.3 Å². The molecule has 1 aliphatic rings. The average molecular weight is 165 g/mol. The summed E-state index contributed by atoms with van der Waals surface area (Å²) in [5.41, 5.74) is 7.20. The first kappa shape index (κ1) is 9.53. The second-order valence-corrected chi connectivity index (χ2v) is 3.83. The van der Waals surface area contributed by atoms with Crippen LogP contribution in [-0.2, 0) is 0 Å². The van der Waals surface area contributed by atoms with Crippen LogP contribution in [0.5, 0.6) is 0 Å². The van der Waals surface area contributed by atoms with Crippen LogP contribution in [0.1, 0.15) is 32.6 Å². The van der Waals surface area contributed by atoms with Gasteiger partial charge in [-0.15, -0.1) is 0 Å². The molecule has 0 amide bonds. The maximum absolute atomic E-state index is 5.52. The molecule has 1 rings (SSSR count). The zero-order valence-corrected chi connectivity index (χ0v) is 7.97. The molecule has 0 saturated heterocycles. The van der Waals surface area contributed by atoms with Crippen LogP contribution in [-0.4, -0.2) is 6.54 Å². The quantitative estimate of drug-likeness (QED) is 0.637. The minimum atomic E-state index is 0.360. The zero-order valence-electron chi connectivity index (χ0n) is 7.97. The van der Waals surface area contributed by atoms with Gasteiger partial charge in [-0.2, -0.15) is 0 Å². The van der Waals surface area contributed by atoms with Gasteiger partial charge in [0.15, 0.2) is 0 Å². The smallest absolute Gasteiger partial charge is 0.00242 e. The highest BCUT2D eigenvalue weighted by molar-refractivity contribution is 5.17. The van der Waals surface area contributed by atoms with E-state index in [1.54, 1.807) is 0 Å². The van der Waals surface area contributed by atoms with Crippen molar-refractivity contribution < 1.29 is 0 Å². The molecule has 0 aliphatic heterocycles. The number of hydrogen-bond donors (Lipinski definition) is 1. The molecule has 0 unspecified atom stereocenters. The van der Waals surface area contributed by atoms with Gasteiger partial charge in [-0.3, -0.25) is 0 Å². The molecule has 0 radical (unpaired) electrons. The lowest BCUT2D eigenvalue weighted by atomic mass is 9.75. The first-order chi connectivity index (χ1) is 5.71. The Bertz CT molecular complexity index is 183. The van der Waals surface area contributed by atoms with E-state index in [9.17, 15) is 0 Å². The third-order valence-corrected chi connectivity index (χ3v) is 2.95. The molecule has 68 valence electrons. The van der Waals surface area contributed by atoms with Gasteiger partial charge < -0.3 is 5.73 Å². The molecule has 0 aromatic carbocycles. The Hall–Kier alpha value is -0.560. The summed E-state index contributed by atoms with van der Waals surface area (Å²) in [6.45, 7) is 7.02. The molecule has 0 bridgehead atoms. The summed E-state index contributed by atoms with van der Waals surface area (Å²) in [4.78, 5) is 0. The fourth-order valence-corrected chi connectivity index (χ4v) is 1.91. The molecule has 0 aromatic rings. The lowest BCUT2D eigenvalue weighted by Crippen LogP contribution is -2.19. The van der Waals surface area contributed by atoms with Crippen molar-refractivity contribution in [2.24, 2.45) is 11.1 Å². The summed E-state index contributed by atoms with van der Waals surface area (Å²) in [6, 6.07) is 0. The van der Waals surface area contributed by atoms with E-state index in [2.05, 4.69) is 25.7 Å². The molecule has 2 N–H and O–H groups in total. The molecule has 1 heteroatoms. The van der Waals surface area contributed by atoms with Gasteiger partial charge in [0, 0.05) is 0 Å². The molecule has 0 atom stereocenters. The van der Waals surface area contributed by atoms with Gasteiger partial charge >= 0.3 is 0 Å². The summed E-state index contributed by atoms with van der Waals surface area (Å²) in [6.07, 6.45) is 9.20. The van der Waals surface area contributed by atoms with Gasteiger partial charge in [0.2, 0.25) is 0 Å². The number of hydrogen-bond acceptors (Lipinski definition) is 1. The summed E-state index contributed by atoms with van der Waals surface area (Å²) >= 11 is 0. The normalized spacial score (nSPS) is 19.8. The summed E-state index contributed by atoms with van der Waals surface area (Å²) < 4.78 is 0. The second-order valence-electron chi connectivity index (χ2n) is 3.83. The standard InChI is InChI=1S/C11H19N/c1-10(2)11(8-5-9-12)6-3-4-7-11/h3-4H,1,5-9,12H2,2H3. The number of nitrogens with two attached hydrogens (primary N) is 1. The van der Waals surface area contributed by atoms with Crippen LogP contribution < -0.4 is 5.73 Å². The van der Waals surface area contributed by atoms with Gasteiger partial charge in [0.05, 0.1) is 0 Å². The van der Waals surface area contributed by atoms with Crippen LogP contribution in [0, 0.1) is 5.41 Å². The van der Waals surface area contributed by atoms with Crippen molar-refractivity contribution in [3.05, 3.63) is 24.3 Å². The summed E-state index contributed by atoms with van der Waals surface area (Å²) in [5.74, 6) is 0. The monoisotopic (exact) mass is 165 g/mol. The molecular weight excluding hydrogens is 146 g/mol. The molecule has 0 aromatic heterocycles. The lowest BCUT2D eigenvalue weighted by Gasteiger charge is -2.29. The van der Waals surface area contributed by atoms with Crippen LogP contribution >= 0.6 is 0 Å². The van der Waals surface area contributed by atoms with Crippen LogP contribution in [0.3, 0.4) is 0 Å². The average Bonchev–Trinajstić information content (AvgIpc) is 2.50. The van der Waals surface area contributed by atoms with Crippen molar-refractivity contribution in [3.63, 3.8) is 0 Å². The molecule has 1 aliphatic carbocycles. The maximum atomic E-state index is 5.52. The van der Waals surface area contributed by atoms with Crippen LogP contribution in [0.4, 0.5) is 0 Å². The SMILES string of the molecule is C=C(C)C1(CCCN)CC=CC1. The molecule has 0 fully saturated rings. The Morgan fingerprint density at radius 1 is 1.50 bits per heavy atom. The molecule has 0 saturated carbocycles. The van der Waals surface area contributed by atoms with Gasteiger partial charge in [-0.05, 0) is 44.6 Å². The fourth-order valence-electron chi connectivity index (χ4n) is 1.91. The van der Waals surface area contributed by atoms with E-state index in [1.165, 1.54) is 24.8 Å². The summed E-state index contributed by atoms with van der Waals surface area (Å²) in [7, 11) is 0.